The number of carbonyl (C=O) groups is 4. The van der Waals surface area contributed by atoms with E-state index in [0.717, 1.165) is 33.7 Å². The summed E-state index contributed by atoms with van der Waals surface area (Å²) >= 11 is 0. The van der Waals surface area contributed by atoms with Crippen molar-refractivity contribution < 1.29 is 39.6 Å². The van der Waals surface area contributed by atoms with Crippen LogP contribution < -0.4 is 0 Å². The molecule has 0 amide bonds. The lowest BCUT2D eigenvalue weighted by Crippen LogP contribution is -2.03. The van der Waals surface area contributed by atoms with E-state index in [4.69, 9.17) is 0 Å². The van der Waals surface area contributed by atoms with E-state index in [1.807, 2.05) is 36.4 Å². The molecule has 0 heterocycles. The number of benzene rings is 5. The summed E-state index contributed by atoms with van der Waals surface area (Å²) in [5.41, 5.74) is 1.65. The minimum absolute atomic E-state index is 0.132. The highest BCUT2D eigenvalue weighted by Crippen LogP contribution is 2.32. The Morgan fingerprint density at radius 1 is 0.342 bits per heavy atom. The molecular weight excluding hydrogens is 488 g/mol. The van der Waals surface area contributed by atoms with Crippen molar-refractivity contribution in [2.75, 3.05) is 0 Å². The summed E-state index contributed by atoms with van der Waals surface area (Å²) in [6, 6.07) is 22.8. The van der Waals surface area contributed by atoms with Crippen molar-refractivity contribution in [3.05, 3.63) is 107 Å². The van der Waals surface area contributed by atoms with E-state index in [1.54, 1.807) is 12.1 Å². The van der Waals surface area contributed by atoms with Crippen molar-refractivity contribution in [1.82, 2.24) is 0 Å². The van der Waals surface area contributed by atoms with Crippen molar-refractivity contribution in [2.24, 2.45) is 0 Å². The van der Waals surface area contributed by atoms with Crippen molar-refractivity contribution in [2.45, 2.75) is 0 Å². The number of hydrogen-bond donors (Lipinski definition) is 4. The van der Waals surface area contributed by atoms with Gasteiger partial charge in [0.25, 0.3) is 0 Å². The fourth-order valence-electron chi connectivity index (χ4n) is 4.44. The minimum atomic E-state index is -1.23. The third-order valence-corrected chi connectivity index (χ3v) is 6.32. The number of rotatable bonds is 6. The highest BCUT2D eigenvalue weighted by atomic mass is 16.4. The zero-order chi connectivity index (χ0) is 27.1. The largest absolute Gasteiger partial charge is 0.478 e. The predicted molar refractivity (Wildman–Crippen MR) is 140 cm³/mol. The van der Waals surface area contributed by atoms with Gasteiger partial charge in [-0.2, -0.15) is 0 Å². The zero-order valence-corrected chi connectivity index (χ0v) is 19.5. The molecule has 0 aromatic heterocycles. The monoisotopic (exact) mass is 506 g/mol. The van der Waals surface area contributed by atoms with E-state index in [0.29, 0.717) is 22.3 Å². The standard InChI is InChI=1S/C30H18O8/c31-27(32)23-9-21(10-24(13-23)28(33)34)17-3-1-15-5-16-2-4-18(7-20(16)8-19(15)6-17)22-11-25(29(35)36)14-26(12-22)30(37)38/h1-14H,(H,31,32)(H,33,34)(H,35,36)(H,37,38). The van der Waals surface area contributed by atoms with Crippen LogP contribution in [0.5, 0.6) is 0 Å². The molecule has 0 saturated carbocycles. The van der Waals surface area contributed by atoms with Crippen LogP contribution in [0.25, 0.3) is 43.8 Å². The molecule has 0 aliphatic rings. The molecule has 8 heteroatoms. The summed E-state index contributed by atoms with van der Waals surface area (Å²) < 4.78 is 0. The number of hydrogen-bond acceptors (Lipinski definition) is 4. The van der Waals surface area contributed by atoms with E-state index in [1.165, 1.54) is 24.3 Å². The first-order chi connectivity index (χ1) is 18.1. The van der Waals surface area contributed by atoms with Crippen LogP contribution in [0, 0.1) is 0 Å². The molecule has 38 heavy (non-hydrogen) atoms. The van der Waals surface area contributed by atoms with Gasteiger partial charge in [-0.3, -0.25) is 0 Å². The highest BCUT2D eigenvalue weighted by Gasteiger charge is 2.15. The van der Waals surface area contributed by atoms with Crippen LogP contribution in [0.15, 0.2) is 84.9 Å². The number of carboxylic acids is 4. The molecule has 5 rings (SSSR count). The summed E-state index contributed by atoms with van der Waals surface area (Å²) in [7, 11) is 0. The van der Waals surface area contributed by atoms with Gasteiger partial charge in [-0.15, -0.1) is 0 Å². The first-order valence-electron chi connectivity index (χ1n) is 11.3. The van der Waals surface area contributed by atoms with Gasteiger partial charge in [-0.25, -0.2) is 19.2 Å². The van der Waals surface area contributed by atoms with Gasteiger partial charge < -0.3 is 20.4 Å². The molecule has 0 fully saturated rings. The molecule has 4 N–H and O–H groups in total. The Hall–Kier alpha value is -5.50. The van der Waals surface area contributed by atoms with Crippen LogP contribution in [0.2, 0.25) is 0 Å². The lowest BCUT2D eigenvalue weighted by molar-refractivity contribution is 0.0676. The van der Waals surface area contributed by atoms with E-state index < -0.39 is 23.9 Å². The normalized spacial score (nSPS) is 10.9. The maximum atomic E-state index is 11.5. The average molecular weight is 506 g/mol. The smallest absolute Gasteiger partial charge is 0.335 e. The Balaban J connectivity index is 1.64. The number of carboxylic acid groups (broad SMARTS) is 4. The second-order valence-corrected chi connectivity index (χ2v) is 8.79. The molecule has 0 spiro atoms. The molecule has 0 saturated heterocycles. The van der Waals surface area contributed by atoms with E-state index in [9.17, 15) is 39.6 Å². The molecule has 186 valence electrons. The quantitative estimate of drug-likeness (QED) is 0.201. The minimum Gasteiger partial charge on any atom is -0.478 e. The summed E-state index contributed by atoms with van der Waals surface area (Å²) in [4.78, 5) is 46.1. The Morgan fingerprint density at radius 3 is 0.974 bits per heavy atom. The summed E-state index contributed by atoms with van der Waals surface area (Å²) in [6.45, 7) is 0. The molecule has 0 atom stereocenters. The van der Waals surface area contributed by atoms with Crippen LogP contribution in [-0.2, 0) is 0 Å². The van der Waals surface area contributed by atoms with Gasteiger partial charge in [-0.1, -0.05) is 24.3 Å². The van der Waals surface area contributed by atoms with Gasteiger partial charge in [0, 0.05) is 0 Å². The molecule has 5 aromatic carbocycles. The SMILES string of the molecule is O=C(O)c1cc(C(=O)O)cc(-c2ccc3cc4ccc(-c5cc(C(=O)O)cc(C(=O)O)c5)cc4cc3c2)c1. The summed E-state index contributed by atoms with van der Waals surface area (Å²) in [5, 5.41) is 41.1. The van der Waals surface area contributed by atoms with Crippen LogP contribution in [0.3, 0.4) is 0 Å². The molecule has 0 aliphatic heterocycles. The van der Waals surface area contributed by atoms with Crippen LogP contribution in [-0.4, -0.2) is 44.3 Å². The summed E-state index contributed by atoms with van der Waals surface area (Å²) in [5.74, 6) is -4.92. The first-order valence-corrected chi connectivity index (χ1v) is 11.3. The lowest BCUT2D eigenvalue weighted by Gasteiger charge is -2.10. The van der Waals surface area contributed by atoms with E-state index in [2.05, 4.69) is 0 Å². The van der Waals surface area contributed by atoms with E-state index in [-0.39, 0.29) is 22.3 Å². The highest BCUT2D eigenvalue weighted by molar-refractivity contribution is 6.03. The Bertz CT molecular complexity index is 1640. The van der Waals surface area contributed by atoms with Gasteiger partial charge in [0.05, 0.1) is 22.3 Å². The second kappa shape index (κ2) is 9.18. The van der Waals surface area contributed by atoms with Crippen LogP contribution >= 0.6 is 0 Å². The summed E-state index contributed by atoms with van der Waals surface area (Å²) in [6.07, 6.45) is 0. The average Bonchev–Trinajstić information content (AvgIpc) is 2.90. The Kier molecular flexibility index (Phi) is 5.85. The van der Waals surface area contributed by atoms with Gasteiger partial charge >= 0.3 is 23.9 Å². The van der Waals surface area contributed by atoms with E-state index >= 15 is 0 Å². The first kappa shape index (κ1) is 24.2. The fraction of sp³-hybridized carbons (Fsp3) is 0. The maximum Gasteiger partial charge on any atom is 0.335 e. The van der Waals surface area contributed by atoms with Crippen molar-refractivity contribution in [3.63, 3.8) is 0 Å². The topological polar surface area (TPSA) is 149 Å². The lowest BCUT2D eigenvalue weighted by atomic mass is 9.94. The molecule has 8 nitrogen and oxygen atoms in total. The van der Waals surface area contributed by atoms with Gasteiger partial charge in [0.15, 0.2) is 0 Å². The molecule has 0 unspecified atom stereocenters. The molecule has 0 radical (unpaired) electrons. The molecule has 5 aromatic rings. The van der Waals surface area contributed by atoms with Gasteiger partial charge in [-0.05, 0) is 104 Å². The molecule has 0 bridgehead atoms. The third kappa shape index (κ3) is 4.54. The number of aromatic carboxylic acids is 4. The fourth-order valence-corrected chi connectivity index (χ4v) is 4.44. The van der Waals surface area contributed by atoms with Crippen molar-refractivity contribution in [1.29, 1.82) is 0 Å². The Morgan fingerprint density at radius 2 is 0.658 bits per heavy atom. The second-order valence-electron chi connectivity index (χ2n) is 8.79. The van der Waals surface area contributed by atoms with Gasteiger partial charge in [0.1, 0.15) is 0 Å². The van der Waals surface area contributed by atoms with Crippen LogP contribution in [0.1, 0.15) is 41.4 Å². The van der Waals surface area contributed by atoms with Crippen molar-refractivity contribution in [3.8, 4) is 22.3 Å². The maximum absolute atomic E-state index is 11.5. The third-order valence-electron chi connectivity index (χ3n) is 6.32. The zero-order valence-electron chi connectivity index (χ0n) is 19.5. The molecular formula is C30H18O8. The van der Waals surface area contributed by atoms with Crippen LogP contribution in [0.4, 0.5) is 0 Å². The molecule has 0 aliphatic carbocycles. The Labute approximate surface area is 214 Å². The van der Waals surface area contributed by atoms with Crippen molar-refractivity contribution >= 4 is 45.4 Å². The van der Waals surface area contributed by atoms with Gasteiger partial charge in [0.2, 0.25) is 0 Å². The predicted octanol–water partition coefficient (Wildman–Crippen LogP) is 6.12. The number of fused-ring (bicyclic) bond motifs is 2.